The first-order valence-corrected chi connectivity index (χ1v) is 13.7. The van der Waals surface area contributed by atoms with E-state index < -0.39 is 21.4 Å². The quantitative estimate of drug-likeness (QED) is 0.348. The molecule has 13 nitrogen and oxygen atoms in total. The fourth-order valence-corrected chi connectivity index (χ4v) is 4.85. The normalized spacial score (nSPS) is 14.5. The average molecular weight is 568 g/mol. The van der Waals surface area contributed by atoms with E-state index in [1.165, 1.54) is 37.9 Å². The molecule has 0 saturated carbocycles. The molecule has 3 aromatic rings. The number of para-hydroxylation sites is 1. The highest BCUT2D eigenvalue weighted by atomic mass is 32.2. The molecule has 0 radical (unpaired) electrons. The van der Waals surface area contributed by atoms with Crippen LogP contribution in [0, 0.1) is 6.92 Å². The van der Waals surface area contributed by atoms with Crippen LogP contribution in [0.5, 0.6) is 11.5 Å². The van der Waals surface area contributed by atoms with Gasteiger partial charge in [0.15, 0.2) is 17.3 Å². The van der Waals surface area contributed by atoms with Crippen molar-refractivity contribution in [2.45, 2.75) is 45.2 Å². The van der Waals surface area contributed by atoms with Gasteiger partial charge in [-0.2, -0.15) is 0 Å². The van der Waals surface area contributed by atoms with Crippen LogP contribution in [0.3, 0.4) is 0 Å². The Balaban J connectivity index is 1.84. The Morgan fingerprint density at radius 3 is 2.45 bits per heavy atom. The van der Waals surface area contributed by atoms with Crippen LogP contribution >= 0.6 is 0 Å². The standard InChI is InChI=1S/C26H29N7O6S/c1-15(2)39-23(24-27-13-16(3)14-28-24)17(4)40(35,36)32-26-31-30-25(18-9-7-12-21(29-18)38-6)33(26)22-19(34)10-8-11-20(22)37-5/h8,10-15,17,23,34H,1-6H3,(H,31,32)/t17-,23+/m0/s1. The summed E-state index contributed by atoms with van der Waals surface area (Å²) >= 11 is 0. The number of phenols is 1. The third kappa shape index (κ3) is 5.90. The molecule has 40 heavy (non-hydrogen) atoms. The summed E-state index contributed by atoms with van der Waals surface area (Å²) in [7, 11) is -1.38. The number of methoxy groups -OCH3 is 2. The molecular formula is C26H29N7O6S. The molecule has 2 N–H and O–H groups in total. The van der Waals surface area contributed by atoms with Gasteiger partial charge in [0.2, 0.25) is 21.9 Å². The van der Waals surface area contributed by atoms with E-state index in [1.54, 1.807) is 38.4 Å². The number of nitrogens with one attached hydrogen (secondary N) is 1. The fourth-order valence-electron chi connectivity index (χ4n) is 3.77. The lowest BCUT2D eigenvalue weighted by molar-refractivity contribution is 0.00152. The second-order valence-corrected chi connectivity index (χ2v) is 11.0. The molecule has 2 atom stereocenters. The van der Waals surface area contributed by atoms with Gasteiger partial charge in [0, 0.05) is 12.4 Å². The number of phenolic OH excluding ortho intramolecular Hbond substituents is 1. The van der Waals surface area contributed by atoms with Crippen LogP contribution in [0.2, 0.25) is 0 Å². The fraction of sp³-hybridized carbons (Fsp3) is 0.346. The number of aryl methyl sites for hydroxylation is 1. The summed E-state index contributed by atoms with van der Waals surface area (Å²) in [5, 5.41) is 17.9. The molecule has 0 amide bonds. The summed E-state index contributed by atoms with van der Waals surface area (Å²) in [6.07, 6.45) is 3.33. The predicted octanol–water partition coefficient (Wildman–Crippen LogP) is 3.09. The zero-order valence-corrected chi connectivity index (χ0v) is 23.6. The molecular weight excluding hydrogens is 538 g/mol. The Bertz CT molecular complexity index is 1630. The zero-order valence-electron chi connectivity index (χ0n) is 22.8. The second kappa shape index (κ2) is 11.7. The Kier molecular flexibility index (Phi) is 8.36. The van der Waals surface area contributed by atoms with Gasteiger partial charge in [-0.15, -0.1) is 10.2 Å². The maximum Gasteiger partial charge on any atom is 0.243 e. The number of sulfonamides is 1. The molecule has 1 aromatic carbocycles. The highest BCUT2D eigenvalue weighted by Gasteiger charge is 2.36. The van der Waals surface area contributed by atoms with E-state index >= 15 is 0 Å². The molecule has 0 saturated heterocycles. The van der Waals surface area contributed by atoms with E-state index in [1.807, 2.05) is 6.92 Å². The number of rotatable bonds is 10. The van der Waals surface area contributed by atoms with Gasteiger partial charge in [-0.25, -0.2) is 23.4 Å². The largest absolute Gasteiger partial charge is 0.506 e. The van der Waals surface area contributed by atoms with E-state index in [-0.39, 0.29) is 52.5 Å². The van der Waals surface area contributed by atoms with E-state index in [0.29, 0.717) is 0 Å². The first-order chi connectivity index (χ1) is 19.1. The number of nitrogens with zero attached hydrogens (tertiary/aromatic N) is 6. The average Bonchev–Trinajstić information content (AvgIpc) is 3.33. The smallest absolute Gasteiger partial charge is 0.243 e. The van der Waals surface area contributed by atoms with Gasteiger partial charge >= 0.3 is 0 Å². The molecule has 3 heterocycles. The van der Waals surface area contributed by atoms with Crippen molar-refractivity contribution in [2.75, 3.05) is 18.9 Å². The van der Waals surface area contributed by atoms with E-state index in [0.717, 1.165) is 5.56 Å². The third-order valence-corrected chi connectivity index (χ3v) is 7.43. The molecule has 1 aliphatic heterocycles. The number of aromatic nitrogens is 5. The number of aliphatic imine (C=N–C) groups is 1. The molecule has 0 fully saturated rings. The summed E-state index contributed by atoms with van der Waals surface area (Å²) in [4.78, 5) is 12.9. The lowest BCUT2D eigenvalue weighted by Crippen LogP contribution is -2.35. The number of anilines is 1. The zero-order chi connectivity index (χ0) is 29.0. The summed E-state index contributed by atoms with van der Waals surface area (Å²) in [6.45, 7) is 6.88. The number of aromatic hydroxyl groups is 1. The van der Waals surface area contributed by atoms with Crippen molar-refractivity contribution in [1.82, 2.24) is 24.7 Å². The topological polar surface area (TPSA) is 163 Å². The highest BCUT2D eigenvalue weighted by Crippen LogP contribution is 2.37. The molecule has 210 valence electrons. The van der Waals surface area contributed by atoms with Gasteiger partial charge in [0.05, 0.1) is 26.4 Å². The first-order valence-electron chi connectivity index (χ1n) is 12.2. The SMILES string of the molecule is COC1=NC(c2nnc(NS(=O)(=O)[C@@H](C)[C@@H](OC(C)C)c3ncc(C)cn3)n2-c2c(O)cccc2OC)=C=C=C1. The van der Waals surface area contributed by atoms with E-state index in [9.17, 15) is 13.5 Å². The molecule has 1 aliphatic rings. The van der Waals surface area contributed by atoms with Crippen molar-refractivity contribution >= 4 is 27.6 Å². The summed E-state index contributed by atoms with van der Waals surface area (Å²) in [5.41, 5.74) is 6.61. The summed E-state index contributed by atoms with van der Waals surface area (Å²) in [6, 6.07) is 4.58. The Hall–Kier alpha value is -4.48. The Morgan fingerprint density at radius 1 is 1.07 bits per heavy atom. The highest BCUT2D eigenvalue weighted by molar-refractivity contribution is 7.93. The van der Waals surface area contributed by atoms with Gasteiger partial charge in [-0.1, -0.05) is 11.8 Å². The van der Waals surface area contributed by atoms with Gasteiger partial charge in [-0.3, -0.25) is 9.29 Å². The second-order valence-electron chi connectivity index (χ2n) is 9.00. The van der Waals surface area contributed by atoms with Crippen molar-refractivity contribution in [3.8, 4) is 17.2 Å². The van der Waals surface area contributed by atoms with Crippen molar-refractivity contribution in [3.05, 3.63) is 65.3 Å². The van der Waals surface area contributed by atoms with Crippen molar-refractivity contribution in [1.29, 1.82) is 0 Å². The minimum atomic E-state index is -4.22. The van der Waals surface area contributed by atoms with Crippen LogP contribution in [0.4, 0.5) is 5.95 Å². The third-order valence-electron chi connectivity index (χ3n) is 5.74. The molecule has 0 spiro atoms. The van der Waals surface area contributed by atoms with Crippen LogP contribution < -0.4 is 9.46 Å². The molecule has 4 rings (SSSR count). The van der Waals surface area contributed by atoms with Crippen molar-refractivity contribution in [2.24, 2.45) is 4.99 Å². The van der Waals surface area contributed by atoms with E-state index in [2.05, 4.69) is 41.3 Å². The van der Waals surface area contributed by atoms with Crippen LogP contribution in [-0.4, -0.2) is 69.7 Å². The van der Waals surface area contributed by atoms with E-state index in [4.69, 9.17) is 14.2 Å². The molecule has 0 unspecified atom stereocenters. The van der Waals surface area contributed by atoms with Gasteiger partial charge in [0.1, 0.15) is 28.5 Å². The Labute approximate surface area is 231 Å². The van der Waals surface area contributed by atoms with Gasteiger partial charge in [-0.05, 0) is 51.1 Å². The maximum absolute atomic E-state index is 13.8. The number of hydrogen-bond donors (Lipinski definition) is 2. The lowest BCUT2D eigenvalue weighted by Gasteiger charge is -2.25. The van der Waals surface area contributed by atoms with Gasteiger partial charge < -0.3 is 19.3 Å². The number of ether oxygens (including phenoxy) is 3. The maximum atomic E-state index is 13.8. The molecule has 2 aromatic heterocycles. The first kappa shape index (κ1) is 28.5. The van der Waals surface area contributed by atoms with Crippen LogP contribution in [0.1, 0.15) is 44.1 Å². The minimum Gasteiger partial charge on any atom is -0.506 e. The monoisotopic (exact) mass is 567 g/mol. The summed E-state index contributed by atoms with van der Waals surface area (Å²) in [5.74, 6) is 0.220. The van der Waals surface area contributed by atoms with Crippen LogP contribution in [0.25, 0.3) is 11.4 Å². The van der Waals surface area contributed by atoms with Crippen molar-refractivity contribution < 1.29 is 27.7 Å². The van der Waals surface area contributed by atoms with Crippen LogP contribution in [0.15, 0.2) is 53.1 Å². The molecule has 0 bridgehead atoms. The predicted molar refractivity (Wildman–Crippen MR) is 147 cm³/mol. The van der Waals surface area contributed by atoms with Crippen molar-refractivity contribution in [3.63, 3.8) is 0 Å². The number of hydrogen-bond acceptors (Lipinski definition) is 11. The number of benzene rings is 1. The molecule has 14 heteroatoms. The van der Waals surface area contributed by atoms with Gasteiger partial charge in [0.25, 0.3) is 0 Å². The van der Waals surface area contributed by atoms with Crippen LogP contribution in [-0.2, 0) is 19.5 Å². The minimum absolute atomic E-state index is 0.0390. The summed E-state index contributed by atoms with van der Waals surface area (Å²) < 4.78 is 47.9. The Morgan fingerprint density at radius 2 is 1.80 bits per heavy atom. The lowest BCUT2D eigenvalue weighted by atomic mass is 10.2. The molecule has 0 aliphatic carbocycles.